The molecule has 9 heteroatoms. The molecule has 0 aliphatic carbocycles. The number of halogens is 2. The van der Waals surface area contributed by atoms with Gasteiger partial charge in [-0.15, -0.1) is 5.10 Å². The Labute approximate surface area is 162 Å². The summed E-state index contributed by atoms with van der Waals surface area (Å²) in [6.45, 7) is 6.21. The van der Waals surface area contributed by atoms with Crippen molar-refractivity contribution < 1.29 is 18.3 Å². The molecule has 28 heavy (non-hydrogen) atoms. The van der Waals surface area contributed by atoms with Gasteiger partial charge in [0, 0.05) is 30.7 Å². The molecular weight excluding hydrogens is 368 g/mol. The molecule has 0 unspecified atom stereocenters. The molecular formula is C19H25F2N5O2. The number of hydrogen-bond acceptors (Lipinski definition) is 5. The molecule has 0 atom stereocenters. The Morgan fingerprint density at radius 3 is 2.64 bits per heavy atom. The minimum atomic E-state index is -1.08. The van der Waals surface area contributed by atoms with Crippen molar-refractivity contribution >= 4 is 5.91 Å². The minimum Gasteiger partial charge on any atom is -0.494 e. The zero-order valence-corrected chi connectivity index (χ0v) is 16.3. The predicted molar refractivity (Wildman–Crippen MR) is 99.8 cm³/mol. The van der Waals surface area contributed by atoms with E-state index in [-0.39, 0.29) is 35.5 Å². The summed E-state index contributed by atoms with van der Waals surface area (Å²) in [6, 6.07) is 3.34. The second-order valence-electron chi connectivity index (χ2n) is 7.22. The van der Waals surface area contributed by atoms with Crippen LogP contribution in [0.5, 0.6) is 5.75 Å². The van der Waals surface area contributed by atoms with E-state index in [0.29, 0.717) is 6.04 Å². The van der Waals surface area contributed by atoms with Crippen LogP contribution in [-0.2, 0) is 11.3 Å². The summed E-state index contributed by atoms with van der Waals surface area (Å²) < 4.78 is 34.1. The highest BCUT2D eigenvalue weighted by Gasteiger charge is 2.22. The van der Waals surface area contributed by atoms with Gasteiger partial charge in [-0.25, -0.2) is 9.07 Å². The van der Waals surface area contributed by atoms with Gasteiger partial charge < -0.3 is 15.0 Å². The zero-order valence-electron chi connectivity index (χ0n) is 16.3. The summed E-state index contributed by atoms with van der Waals surface area (Å²) in [5.41, 5.74) is 0.114. The smallest absolute Gasteiger partial charge is 0.242 e. The average Bonchev–Trinajstić information content (AvgIpc) is 3.12. The van der Waals surface area contributed by atoms with Gasteiger partial charge in [-0.05, 0) is 38.8 Å². The first kappa shape index (κ1) is 20.2. The molecule has 1 fully saturated rings. The number of carbonyl (C=O) groups is 1. The number of rotatable bonds is 6. The molecule has 1 saturated heterocycles. The number of hydrogen-bond donors (Lipinski definition) is 1. The normalized spacial score (nSPS) is 15.8. The van der Waals surface area contributed by atoms with E-state index in [2.05, 4.69) is 34.4 Å². The largest absolute Gasteiger partial charge is 0.494 e. The molecule has 1 amide bonds. The predicted octanol–water partition coefficient (Wildman–Crippen LogP) is 2.22. The number of likely N-dealkylation sites (tertiary alicyclic amines) is 1. The molecule has 1 aromatic heterocycles. The van der Waals surface area contributed by atoms with E-state index in [1.165, 1.54) is 30.1 Å². The number of piperidine rings is 1. The molecule has 1 N–H and O–H groups in total. The summed E-state index contributed by atoms with van der Waals surface area (Å²) in [7, 11) is 1.26. The maximum absolute atomic E-state index is 14.2. The van der Waals surface area contributed by atoms with Crippen LogP contribution in [0.1, 0.15) is 26.7 Å². The Bertz CT molecular complexity index is 832. The lowest BCUT2D eigenvalue weighted by Gasteiger charge is -2.34. The number of carbonyl (C=O) groups excluding carboxylic acids is 1. The molecule has 0 bridgehead atoms. The monoisotopic (exact) mass is 393 g/mol. The van der Waals surface area contributed by atoms with E-state index in [9.17, 15) is 13.6 Å². The van der Waals surface area contributed by atoms with Crippen molar-refractivity contribution in [2.45, 2.75) is 45.3 Å². The van der Waals surface area contributed by atoms with E-state index < -0.39 is 11.6 Å². The van der Waals surface area contributed by atoms with Gasteiger partial charge in [-0.2, -0.15) is 4.39 Å². The van der Waals surface area contributed by atoms with Crippen molar-refractivity contribution in [2.24, 2.45) is 0 Å². The highest BCUT2D eigenvalue weighted by atomic mass is 19.2. The van der Waals surface area contributed by atoms with Crippen molar-refractivity contribution in [3.05, 3.63) is 30.0 Å². The fraction of sp³-hybridized carbons (Fsp3) is 0.526. The summed E-state index contributed by atoms with van der Waals surface area (Å²) in [4.78, 5) is 14.7. The summed E-state index contributed by atoms with van der Waals surface area (Å²) in [6.07, 6.45) is 3.23. The molecule has 0 saturated carbocycles. The Kier molecular flexibility index (Phi) is 6.23. The van der Waals surface area contributed by atoms with Crippen molar-refractivity contribution in [1.29, 1.82) is 0 Å². The van der Waals surface area contributed by atoms with E-state index in [0.717, 1.165) is 25.9 Å². The minimum absolute atomic E-state index is 0.0301. The van der Waals surface area contributed by atoms with Crippen molar-refractivity contribution in [3.8, 4) is 17.0 Å². The molecule has 2 aromatic rings. The second-order valence-corrected chi connectivity index (χ2v) is 7.22. The average molecular weight is 393 g/mol. The number of ether oxygens (including phenoxy) is 1. The standard InChI is InChI=1S/C19H25F2N5O2/c1-12(2)25-8-6-13(7-9-25)22-17(27)11-26-10-15(23-24-26)14-4-5-16(28-3)19(21)18(14)20/h4-5,10,12-13H,6-9,11H2,1-3H3,(H,22,27). The topological polar surface area (TPSA) is 72.3 Å². The first-order chi connectivity index (χ1) is 13.4. The van der Waals surface area contributed by atoms with Crippen molar-refractivity contribution in [3.63, 3.8) is 0 Å². The highest BCUT2D eigenvalue weighted by Crippen LogP contribution is 2.28. The fourth-order valence-corrected chi connectivity index (χ4v) is 3.37. The first-order valence-electron chi connectivity index (χ1n) is 9.35. The van der Waals surface area contributed by atoms with E-state index >= 15 is 0 Å². The van der Waals surface area contributed by atoms with Gasteiger partial charge in [-0.3, -0.25) is 4.79 Å². The van der Waals surface area contributed by atoms with Crippen LogP contribution >= 0.6 is 0 Å². The van der Waals surface area contributed by atoms with Gasteiger partial charge in [0.25, 0.3) is 0 Å². The quantitative estimate of drug-likeness (QED) is 0.815. The maximum atomic E-state index is 14.2. The molecule has 1 aromatic carbocycles. The summed E-state index contributed by atoms with van der Waals surface area (Å²) in [5.74, 6) is -2.51. The van der Waals surface area contributed by atoms with Crippen LogP contribution in [0.4, 0.5) is 8.78 Å². The van der Waals surface area contributed by atoms with Gasteiger partial charge in [0.2, 0.25) is 11.7 Å². The molecule has 7 nitrogen and oxygen atoms in total. The fourth-order valence-electron chi connectivity index (χ4n) is 3.37. The first-order valence-corrected chi connectivity index (χ1v) is 9.35. The van der Waals surface area contributed by atoms with Gasteiger partial charge >= 0.3 is 0 Å². The lowest BCUT2D eigenvalue weighted by atomic mass is 10.0. The van der Waals surface area contributed by atoms with E-state index in [1.54, 1.807) is 0 Å². The maximum Gasteiger partial charge on any atom is 0.242 e. The van der Waals surface area contributed by atoms with E-state index in [1.807, 2.05) is 0 Å². The van der Waals surface area contributed by atoms with Crippen LogP contribution in [0.3, 0.4) is 0 Å². The van der Waals surface area contributed by atoms with Crippen molar-refractivity contribution in [2.75, 3.05) is 20.2 Å². The van der Waals surface area contributed by atoms with Crippen LogP contribution in [0.25, 0.3) is 11.3 Å². The SMILES string of the molecule is COc1ccc(-c2cn(CC(=O)NC3CCN(C(C)C)CC3)nn2)c(F)c1F. The van der Waals surface area contributed by atoms with Crippen LogP contribution in [-0.4, -0.2) is 58.1 Å². The van der Waals surface area contributed by atoms with Crippen LogP contribution in [0.2, 0.25) is 0 Å². The molecule has 1 aliphatic rings. The number of methoxy groups -OCH3 is 1. The van der Waals surface area contributed by atoms with Crippen LogP contribution < -0.4 is 10.1 Å². The second kappa shape index (κ2) is 8.64. The van der Waals surface area contributed by atoms with Gasteiger partial charge in [0.05, 0.1) is 13.3 Å². The molecule has 152 valence electrons. The third-order valence-corrected chi connectivity index (χ3v) is 5.01. The molecule has 2 heterocycles. The molecule has 0 radical (unpaired) electrons. The van der Waals surface area contributed by atoms with E-state index in [4.69, 9.17) is 4.74 Å². The summed E-state index contributed by atoms with van der Waals surface area (Å²) >= 11 is 0. The highest BCUT2D eigenvalue weighted by molar-refractivity contribution is 5.76. The van der Waals surface area contributed by atoms with Crippen LogP contribution in [0.15, 0.2) is 18.3 Å². The van der Waals surface area contributed by atoms with Gasteiger partial charge in [0.1, 0.15) is 12.2 Å². The van der Waals surface area contributed by atoms with Gasteiger partial charge in [-0.1, -0.05) is 5.21 Å². The molecule has 1 aliphatic heterocycles. The number of amides is 1. The molecule has 3 rings (SSSR count). The zero-order chi connectivity index (χ0) is 20.3. The Morgan fingerprint density at radius 2 is 2.00 bits per heavy atom. The number of nitrogens with zero attached hydrogens (tertiary/aromatic N) is 4. The number of benzene rings is 1. The number of nitrogens with one attached hydrogen (secondary N) is 1. The lowest BCUT2D eigenvalue weighted by Crippen LogP contribution is -2.47. The third-order valence-electron chi connectivity index (χ3n) is 5.01. The van der Waals surface area contributed by atoms with Crippen LogP contribution in [0, 0.1) is 11.6 Å². The Morgan fingerprint density at radius 1 is 1.29 bits per heavy atom. The van der Waals surface area contributed by atoms with Crippen molar-refractivity contribution in [1.82, 2.24) is 25.2 Å². The Hall–Kier alpha value is -2.55. The molecule has 0 spiro atoms. The number of aromatic nitrogens is 3. The Balaban J connectivity index is 1.59. The summed E-state index contributed by atoms with van der Waals surface area (Å²) in [5, 5.41) is 10.7. The van der Waals surface area contributed by atoms with Gasteiger partial charge in [0.15, 0.2) is 11.6 Å². The third kappa shape index (κ3) is 4.46. The lowest BCUT2D eigenvalue weighted by molar-refractivity contribution is -0.122.